The molecule has 6 nitrogen and oxygen atoms in total. The van der Waals surface area contributed by atoms with Crippen LogP contribution in [0.3, 0.4) is 0 Å². The van der Waals surface area contributed by atoms with E-state index in [9.17, 15) is 4.79 Å². The molecule has 122 valence electrons. The Kier molecular flexibility index (Phi) is 3.99. The van der Waals surface area contributed by atoms with Gasteiger partial charge in [-0.15, -0.1) is 0 Å². The number of hydrogen-bond acceptors (Lipinski definition) is 4. The lowest BCUT2D eigenvalue weighted by Gasteiger charge is -2.09. The van der Waals surface area contributed by atoms with Crippen LogP contribution in [0.25, 0.3) is 22.8 Å². The van der Waals surface area contributed by atoms with Crippen molar-refractivity contribution in [1.29, 1.82) is 0 Å². The molecule has 7 heteroatoms. The molecule has 3 aromatic heterocycles. The van der Waals surface area contributed by atoms with E-state index in [1.807, 2.05) is 36.4 Å². The third-order valence-corrected chi connectivity index (χ3v) is 4.17. The van der Waals surface area contributed by atoms with E-state index in [0.29, 0.717) is 11.4 Å². The maximum atomic E-state index is 12.4. The molecule has 0 bridgehead atoms. The van der Waals surface area contributed by atoms with Crippen molar-refractivity contribution in [3.8, 4) is 22.8 Å². The van der Waals surface area contributed by atoms with Crippen LogP contribution < -0.4 is 5.43 Å². The van der Waals surface area contributed by atoms with Gasteiger partial charge in [0, 0.05) is 29.1 Å². The van der Waals surface area contributed by atoms with Crippen molar-refractivity contribution in [3.63, 3.8) is 0 Å². The first kappa shape index (κ1) is 15.5. The van der Waals surface area contributed by atoms with Gasteiger partial charge in [-0.05, 0) is 36.4 Å². The average molecular weight is 394 g/mol. The van der Waals surface area contributed by atoms with Crippen molar-refractivity contribution in [2.24, 2.45) is 0 Å². The Hall–Kier alpha value is -3.06. The van der Waals surface area contributed by atoms with E-state index in [4.69, 9.17) is 0 Å². The van der Waals surface area contributed by atoms with E-state index >= 15 is 0 Å². The summed E-state index contributed by atoms with van der Waals surface area (Å²) in [6, 6.07) is 14.6. The second-order valence-electron chi connectivity index (χ2n) is 5.29. The Labute approximate surface area is 151 Å². The fraction of sp³-hybridized carbons (Fsp3) is 0. The zero-order valence-electron chi connectivity index (χ0n) is 13.0. The van der Waals surface area contributed by atoms with E-state index in [2.05, 4.69) is 31.1 Å². The molecule has 1 aromatic carbocycles. The summed E-state index contributed by atoms with van der Waals surface area (Å²) in [5.74, 6) is 0. The van der Waals surface area contributed by atoms with Crippen molar-refractivity contribution >= 4 is 15.9 Å². The fourth-order valence-corrected chi connectivity index (χ4v) is 2.91. The van der Waals surface area contributed by atoms with Crippen LogP contribution >= 0.6 is 15.9 Å². The Morgan fingerprint density at radius 3 is 2.56 bits per heavy atom. The molecule has 3 heterocycles. The van der Waals surface area contributed by atoms with Crippen molar-refractivity contribution in [1.82, 2.24) is 24.5 Å². The highest BCUT2D eigenvalue weighted by molar-refractivity contribution is 9.10. The summed E-state index contributed by atoms with van der Waals surface area (Å²) in [4.78, 5) is 16.4. The normalized spacial score (nSPS) is 10.8. The quantitative estimate of drug-likeness (QED) is 0.535. The molecule has 0 saturated carbocycles. The molecule has 0 N–H and O–H groups in total. The van der Waals surface area contributed by atoms with Crippen LogP contribution in [0.2, 0.25) is 0 Å². The molecule has 0 aliphatic rings. The highest BCUT2D eigenvalue weighted by Gasteiger charge is 2.13. The summed E-state index contributed by atoms with van der Waals surface area (Å²) in [5, 5.41) is 8.84. The molecule has 0 saturated heterocycles. The maximum absolute atomic E-state index is 12.4. The lowest BCUT2D eigenvalue weighted by molar-refractivity contribution is 0.821. The molecule has 0 aliphatic carbocycles. The summed E-state index contributed by atoms with van der Waals surface area (Å²) >= 11 is 3.46. The first-order chi connectivity index (χ1) is 12.2. The van der Waals surface area contributed by atoms with Crippen molar-refractivity contribution < 1.29 is 0 Å². The summed E-state index contributed by atoms with van der Waals surface area (Å²) in [6.07, 6.45) is 6.66. The summed E-state index contributed by atoms with van der Waals surface area (Å²) in [5.41, 5.74) is 2.46. The van der Waals surface area contributed by atoms with Crippen LogP contribution in [0.15, 0.2) is 82.6 Å². The molecule has 4 aromatic rings. The summed E-state index contributed by atoms with van der Waals surface area (Å²) < 4.78 is 4.28. The largest absolute Gasteiger partial charge is 0.287 e. The van der Waals surface area contributed by atoms with Crippen LogP contribution in [0.4, 0.5) is 0 Å². The molecule has 0 spiro atoms. The average Bonchev–Trinajstić information content (AvgIpc) is 3.12. The van der Waals surface area contributed by atoms with Crippen LogP contribution in [0.5, 0.6) is 0 Å². The molecule has 25 heavy (non-hydrogen) atoms. The van der Waals surface area contributed by atoms with Gasteiger partial charge in [0.1, 0.15) is 0 Å². The van der Waals surface area contributed by atoms with Gasteiger partial charge in [-0.2, -0.15) is 10.2 Å². The lowest BCUT2D eigenvalue weighted by atomic mass is 10.2. The van der Waals surface area contributed by atoms with Gasteiger partial charge in [0.05, 0.1) is 23.3 Å². The topological polar surface area (TPSA) is 65.6 Å². The molecule has 0 unspecified atom stereocenters. The van der Waals surface area contributed by atoms with Gasteiger partial charge in [-0.25, -0.2) is 9.36 Å². The second kappa shape index (κ2) is 6.45. The van der Waals surface area contributed by atoms with E-state index in [1.54, 1.807) is 40.2 Å². The third kappa shape index (κ3) is 3.01. The highest BCUT2D eigenvalue weighted by atomic mass is 79.9. The molecule has 0 amide bonds. The number of nitrogens with zero attached hydrogens (tertiary/aromatic N) is 5. The molecule has 0 fully saturated rings. The van der Waals surface area contributed by atoms with Crippen LogP contribution in [0.1, 0.15) is 0 Å². The zero-order chi connectivity index (χ0) is 17.2. The molecule has 0 atom stereocenters. The van der Waals surface area contributed by atoms with Gasteiger partial charge in [0.15, 0.2) is 5.69 Å². The zero-order valence-corrected chi connectivity index (χ0v) is 14.5. The number of hydrogen-bond donors (Lipinski definition) is 0. The van der Waals surface area contributed by atoms with E-state index in [0.717, 1.165) is 15.8 Å². The predicted octanol–water partition coefficient (Wildman–Crippen LogP) is 3.24. The van der Waals surface area contributed by atoms with Crippen LogP contribution in [0, 0.1) is 0 Å². The minimum Gasteiger partial charge on any atom is -0.287 e. The standard InChI is InChI=1S/C18H12BrN5O/c19-13-2-1-3-15(12-13)24-16(6-10-21-24)18-17(25)7-11-23(22-18)14-4-8-20-9-5-14/h1-12H. The fourth-order valence-electron chi connectivity index (χ4n) is 2.52. The minimum absolute atomic E-state index is 0.165. The number of aromatic nitrogens is 5. The smallest absolute Gasteiger partial charge is 0.209 e. The SMILES string of the molecule is O=c1ccn(-c2ccncc2)nc1-c1ccnn1-c1cccc(Br)c1. The van der Waals surface area contributed by atoms with Crippen molar-refractivity contribution in [2.45, 2.75) is 0 Å². The number of rotatable bonds is 3. The molecular formula is C18H12BrN5O. The van der Waals surface area contributed by atoms with E-state index < -0.39 is 0 Å². The second-order valence-corrected chi connectivity index (χ2v) is 6.20. The van der Waals surface area contributed by atoms with Gasteiger partial charge in [0.2, 0.25) is 5.43 Å². The van der Waals surface area contributed by atoms with Crippen molar-refractivity contribution in [3.05, 3.63) is 88.0 Å². The third-order valence-electron chi connectivity index (χ3n) is 3.67. The van der Waals surface area contributed by atoms with Gasteiger partial charge < -0.3 is 0 Å². The Balaban J connectivity index is 1.87. The molecule has 0 radical (unpaired) electrons. The lowest BCUT2D eigenvalue weighted by Crippen LogP contribution is -2.14. The van der Waals surface area contributed by atoms with Crippen LogP contribution in [-0.4, -0.2) is 24.5 Å². The summed E-state index contributed by atoms with van der Waals surface area (Å²) in [7, 11) is 0. The van der Waals surface area contributed by atoms with E-state index in [-0.39, 0.29) is 5.43 Å². The molecule has 0 aliphatic heterocycles. The maximum Gasteiger partial charge on any atom is 0.209 e. The minimum atomic E-state index is -0.165. The predicted molar refractivity (Wildman–Crippen MR) is 97.9 cm³/mol. The Bertz CT molecular complexity index is 1090. The highest BCUT2D eigenvalue weighted by Crippen LogP contribution is 2.21. The molecular weight excluding hydrogens is 382 g/mol. The first-order valence-electron chi connectivity index (χ1n) is 7.53. The van der Waals surface area contributed by atoms with Gasteiger partial charge >= 0.3 is 0 Å². The van der Waals surface area contributed by atoms with E-state index in [1.165, 1.54) is 6.07 Å². The Morgan fingerprint density at radius 1 is 0.920 bits per heavy atom. The number of halogens is 1. The van der Waals surface area contributed by atoms with Gasteiger partial charge in [0.25, 0.3) is 0 Å². The van der Waals surface area contributed by atoms with Gasteiger partial charge in [-0.1, -0.05) is 22.0 Å². The van der Waals surface area contributed by atoms with Gasteiger partial charge in [-0.3, -0.25) is 9.78 Å². The first-order valence-corrected chi connectivity index (χ1v) is 8.32. The summed E-state index contributed by atoms with van der Waals surface area (Å²) in [6.45, 7) is 0. The Morgan fingerprint density at radius 2 is 1.76 bits per heavy atom. The number of pyridine rings is 1. The van der Waals surface area contributed by atoms with Crippen molar-refractivity contribution in [2.75, 3.05) is 0 Å². The monoisotopic (exact) mass is 393 g/mol. The van der Waals surface area contributed by atoms with Crippen LogP contribution in [-0.2, 0) is 0 Å². The molecule has 4 rings (SSSR count). The number of benzene rings is 1.